The van der Waals surface area contributed by atoms with Crippen LogP contribution in [0.15, 0.2) is 30.3 Å². The van der Waals surface area contributed by atoms with Gasteiger partial charge < -0.3 is 14.9 Å². The molecule has 1 aromatic carbocycles. The number of benzene rings is 1. The van der Waals surface area contributed by atoms with Crippen molar-refractivity contribution >= 4 is 12.0 Å². The van der Waals surface area contributed by atoms with E-state index in [0.717, 1.165) is 32.2 Å². The summed E-state index contributed by atoms with van der Waals surface area (Å²) >= 11 is 0. The average Bonchev–Trinajstić information content (AvgIpc) is 2.95. The van der Waals surface area contributed by atoms with Crippen LogP contribution in [-0.4, -0.2) is 71.1 Å². The Labute approximate surface area is 179 Å². The van der Waals surface area contributed by atoms with Crippen molar-refractivity contribution in [3.05, 3.63) is 35.9 Å². The highest BCUT2D eigenvalue weighted by atomic mass is 16.4. The fourth-order valence-corrected chi connectivity index (χ4v) is 5.79. The molecule has 3 aliphatic rings. The monoisotopic (exact) mass is 413 g/mol. The third-order valence-corrected chi connectivity index (χ3v) is 8.00. The maximum absolute atomic E-state index is 13.3. The molecule has 30 heavy (non-hydrogen) atoms. The van der Waals surface area contributed by atoms with Gasteiger partial charge in [-0.1, -0.05) is 36.8 Å². The molecule has 6 nitrogen and oxygen atoms in total. The van der Waals surface area contributed by atoms with Gasteiger partial charge in [0.25, 0.3) is 0 Å². The summed E-state index contributed by atoms with van der Waals surface area (Å²) in [6, 6.07) is 10.8. The Hall–Kier alpha value is -2.08. The number of carbonyl (C=O) groups is 2. The summed E-state index contributed by atoms with van der Waals surface area (Å²) < 4.78 is 0. The van der Waals surface area contributed by atoms with Crippen molar-refractivity contribution in [2.75, 3.05) is 33.7 Å². The van der Waals surface area contributed by atoms with Crippen molar-refractivity contribution in [3.8, 4) is 0 Å². The zero-order valence-electron chi connectivity index (χ0n) is 18.3. The first-order chi connectivity index (χ1) is 14.4. The number of carboxylic acid groups (broad SMARTS) is 1. The van der Waals surface area contributed by atoms with Gasteiger partial charge in [-0.05, 0) is 64.1 Å². The number of carboxylic acids is 1. The SMILES string of the molecule is CN(C)C1(c2ccccc2)CCC2(CC1)CN(CCC(=O)O)C(=O)N2CC1CCC1. The second kappa shape index (κ2) is 8.22. The lowest BCUT2D eigenvalue weighted by molar-refractivity contribution is -0.137. The summed E-state index contributed by atoms with van der Waals surface area (Å²) in [5, 5.41) is 9.12. The molecule has 0 bridgehead atoms. The fraction of sp³-hybridized carbons (Fsp3) is 0.667. The van der Waals surface area contributed by atoms with Crippen molar-refractivity contribution < 1.29 is 14.7 Å². The smallest absolute Gasteiger partial charge is 0.320 e. The number of urea groups is 1. The van der Waals surface area contributed by atoms with E-state index in [0.29, 0.717) is 19.0 Å². The summed E-state index contributed by atoms with van der Waals surface area (Å²) in [5.41, 5.74) is 1.19. The molecule has 0 unspecified atom stereocenters. The first-order valence-electron chi connectivity index (χ1n) is 11.4. The molecule has 0 atom stereocenters. The number of hydrogen-bond acceptors (Lipinski definition) is 3. The molecular weight excluding hydrogens is 378 g/mol. The van der Waals surface area contributed by atoms with Crippen LogP contribution in [0.2, 0.25) is 0 Å². The quantitative estimate of drug-likeness (QED) is 0.739. The van der Waals surface area contributed by atoms with Crippen LogP contribution < -0.4 is 0 Å². The van der Waals surface area contributed by atoms with Crippen LogP contribution >= 0.6 is 0 Å². The molecule has 1 heterocycles. The Morgan fingerprint density at radius 2 is 1.80 bits per heavy atom. The molecule has 2 saturated carbocycles. The van der Waals surface area contributed by atoms with E-state index in [1.165, 1.54) is 24.8 Å². The van der Waals surface area contributed by atoms with Crippen LogP contribution in [0.4, 0.5) is 4.79 Å². The zero-order valence-corrected chi connectivity index (χ0v) is 18.3. The van der Waals surface area contributed by atoms with Crippen LogP contribution in [0.5, 0.6) is 0 Å². The van der Waals surface area contributed by atoms with Gasteiger partial charge in [-0.15, -0.1) is 0 Å². The predicted molar refractivity (Wildman–Crippen MR) is 116 cm³/mol. The normalized spacial score (nSPS) is 29.6. The number of nitrogens with zero attached hydrogens (tertiary/aromatic N) is 3. The van der Waals surface area contributed by atoms with Gasteiger partial charge in [-0.2, -0.15) is 0 Å². The molecule has 0 radical (unpaired) electrons. The standard InChI is InChI=1S/C24H35N3O3/c1-25(2)24(20-9-4-3-5-10-20)14-12-23(13-15-24)18-26(16-11-21(28)29)22(30)27(23)17-19-7-6-8-19/h3-5,9-10,19H,6-8,11-18H2,1-2H3,(H,28,29). The third kappa shape index (κ3) is 3.70. The molecule has 6 heteroatoms. The first-order valence-corrected chi connectivity index (χ1v) is 11.4. The van der Waals surface area contributed by atoms with Gasteiger partial charge >= 0.3 is 12.0 Å². The average molecular weight is 414 g/mol. The molecule has 2 amide bonds. The summed E-state index contributed by atoms with van der Waals surface area (Å²) in [6.45, 7) is 1.82. The van der Waals surface area contributed by atoms with Crippen molar-refractivity contribution in [2.45, 2.75) is 62.4 Å². The predicted octanol–water partition coefficient (Wildman–Crippen LogP) is 3.77. The van der Waals surface area contributed by atoms with Crippen LogP contribution in [0, 0.1) is 5.92 Å². The van der Waals surface area contributed by atoms with Gasteiger partial charge in [0.05, 0.1) is 12.0 Å². The highest BCUT2D eigenvalue weighted by Crippen LogP contribution is 2.49. The summed E-state index contributed by atoms with van der Waals surface area (Å²) in [4.78, 5) is 30.7. The molecule has 1 aromatic rings. The number of carbonyl (C=O) groups excluding carboxylic acids is 1. The van der Waals surface area contributed by atoms with E-state index < -0.39 is 5.97 Å². The fourth-order valence-electron chi connectivity index (χ4n) is 5.79. The number of amides is 2. The van der Waals surface area contributed by atoms with Gasteiger partial charge in [0.1, 0.15) is 0 Å². The van der Waals surface area contributed by atoms with Crippen LogP contribution in [-0.2, 0) is 10.3 Å². The topological polar surface area (TPSA) is 64.1 Å². The van der Waals surface area contributed by atoms with Crippen LogP contribution in [0.1, 0.15) is 56.9 Å². The van der Waals surface area contributed by atoms with E-state index in [9.17, 15) is 9.59 Å². The lowest BCUT2D eigenvalue weighted by atomic mass is 9.68. The van der Waals surface area contributed by atoms with Crippen molar-refractivity contribution in [1.82, 2.24) is 14.7 Å². The van der Waals surface area contributed by atoms with E-state index >= 15 is 0 Å². The minimum atomic E-state index is -0.839. The number of rotatable bonds is 7. The van der Waals surface area contributed by atoms with E-state index in [1.807, 2.05) is 0 Å². The Balaban J connectivity index is 1.56. The molecular formula is C24H35N3O3. The highest BCUT2D eigenvalue weighted by molar-refractivity contribution is 5.79. The van der Waals surface area contributed by atoms with Gasteiger partial charge in [0.2, 0.25) is 0 Å². The Kier molecular flexibility index (Phi) is 5.80. The molecule has 1 spiro atoms. The molecule has 1 aliphatic heterocycles. The van der Waals surface area contributed by atoms with Crippen LogP contribution in [0.25, 0.3) is 0 Å². The van der Waals surface area contributed by atoms with E-state index in [4.69, 9.17) is 5.11 Å². The third-order valence-electron chi connectivity index (χ3n) is 8.00. The van der Waals surface area contributed by atoms with Gasteiger partial charge in [0, 0.05) is 25.2 Å². The Morgan fingerprint density at radius 3 is 2.33 bits per heavy atom. The second-order valence-electron chi connectivity index (χ2n) is 9.77. The van der Waals surface area contributed by atoms with Crippen molar-refractivity contribution in [2.24, 2.45) is 5.92 Å². The van der Waals surface area contributed by atoms with Crippen molar-refractivity contribution in [1.29, 1.82) is 0 Å². The highest BCUT2D eigenvalue weighted by Gasteiger charge is 2.54. The first kappa shape index (κ1) is 21.2. The van der Waals surface area contributed by atoms with Crippen molar-refractivity contribution in [3.63, 3.8) is 0 Å². The molecule has 0 aromatic heterocycles. The second-order valence-corrected chi connectivity index (χ2v) is 9.77. The van der Waals surface area contributed by atoms with Crippen LogP contribution in [0.3, 0.4) is 0 Å². The molecule has 4 rings (SSSR count). The molecule has 1 N–H and O–H groups in total. The van der Waals surface area contributed by atoms with E-state index in [2.05, 4.69) is 54.2 Å². The summed E-state index contributed by atoms with van der Waals surface area (Å²) in [7, 11) is 4.33. The molecule has 1 saturated heterocycles. The Bertz CT molecular complexity index is 767. The van der Waals surface area contributed by atoms with E-state index in [1.54, 1.807) is 4.90 Å². The van der Waals surface area contributed by atoms with Gasteiger partial charge in [0.15, 0.2) is 0 Å². The Morgan fingerprint density at radius 1 is 1.13 bits per heavy atom. The largest absolute Gasteiger partial charge is 0.481 e. The maximum Gasteiger partial charge on any atom is 0.320 e. The lowest BCUT2D eigenvalue weighted by Gasteiger charge is -2.51. The lowest BCUT2D eigenvalue weighted by Crippen LogP contribution is -2.56. The molecule has 164 valence electrons. The minimum absolute atomic E-state index is 0.00776. The number of hydrogen-bond donors (Lipinski definition) is 1. The molecule has 2 aliphatic carbocycles. The van der Waals surface area contributed by atoms with Gasteiger partial charge in [-0.25, -0.2) is 4.79 Å². The maximum atomic E-state index is 13.3. The minimum Gasteiger partial charge on any atom is -0.481 e. The molecule has 3 fully saturated rings. The van der Waals surface area contributed by atoms with E-state index in [-0.39, 0.29) is 23.5 Å². The number of aliphatic carboxylic acids is 1. The summed E-state index contributed by atoms with van der Waals surface area (Å²) in [5.74, 6) is -0.228. The summed E-state index contributed by atoms with van der Waals surface area (Å²) in [6.07, 6.45) is 7.63. The zero-order chi connectivity index (χ0) is 21.4. The van der Waals surface area contributed by atoms with Gasteiger partial charge in [-0.3, -0.25) is 9.69 Å².